The molecule has 0 saturated heterocycles. The lowest BCUT2D eigenvalue weighted by Crippen LogP contribution is -2.29. The largest absolute Gasteiger partial charge is 0.462 e. The predicted molar refractivity (Wildman–Crippen MR) is 84.1 cm³/mol. The van der Waals surface area contributed by atoms with E-state index < -0.39 is 0 Å². The average Bonchev–Trinajstić information content (AvgIpc) is 2.43. The number of nitrogens with two attached hydrogens (primary N) is 1. The van der Waals surface area contributed by atoms with E-state index in [4.69, 9.17) is 15.7 Å². The summed E-state index contributed by atoms with van der Waals surface area (Å²) in [5, 5.41) is 8.77. The van der Waals surface area contributed by atoms with Crippen LogP contribution >= 0.6 is 0 Å². The van der Waals surface area contributed by atoms with Crippen LogP contribution in [0.2, 0.25) is 0 Å². The number of hydrogen-bond donors (Lipinski definition) is 1. The summed E-state index contributed by atoms with van der Waals surface area (Å²) in [5.41, 5.74) is 7.90. The Morgan fingerprint density at radius 1 is 1.48 bits per heavy atom. The van der Waals surface area contributed by atoms with Gasteiger partial charge in [0, 0.05) is 13.1 Å². The predicted octanol–water partition coefficient (Wildman–Crippen LogP) is 2.82. The Hall–Kier alpha value is -2.22. The molecule has 0 spiro atoms. The number of ether oxygens (including phenoxy) is 1. The first-order valence-electron chi connectivity index (χ1n) is 7.18. The van der Waals surface area contributed by atoms with E-state index in [0.29, 0.717) is 36.7 Å². The molecule has 21 heavy (non-hydrogen) atoms. The van der Waals surface area contributed by atoms with Crippen LogP contribution in [0.5, 0.6) is 0 Å². The van der Waals surface area contributed by atoms with Gasteiger partial charge >= 0.3 is 5.97 Å². The van der Waals surface area contributed by atoms with Crippen molar-refractivity contribution in [3.63, 3.8) is 0 Å². The zero-order valence-corrected chi connectivity index (χ0v) is 12.9. The summed E-state index contributed by atoms with van der Waals surface area (Å²) in [6, 6.07) is 7.31. The highest BCUT2D eigenvalue weighted by Gasteiger charge is 2.14. The van der Waals surface area contributed by atoms with Crippen LogP contribution in [0.25, 0.3) is 0 Å². The van der Waals surface area contributed by atoms with Gasteiger partial charge in [0.1, 0.15) is 0 Å². The lowest BCUT2D eigenvalue weighted by atomic mass is 10.1. The molecule has 0 aliphatic rings. The summed E-state index contributed by atoms with van der Waals surface area (Å²) in [6.07, 6.45) is 0.436. The van der Waals surface area contributed by atoms with Crippen LogP contribution in [0.15, 0.2) is 18.2 Å². The van der Waals surface area contributed by atoms with E-state index in [9.17, 15) is 4.79 Å². The lowest BCUT2D eigenvalue weighted by Gasteiger charge is -2.27. The van der Waals surface area contributed by atoms with E-state index in [1.165, 1.54) is 0 Å². The maximum atomic E-state index is 11.7. The third-order valence-electron chi connectivity index (χ3n) is 2.96. The Bertz CT molecular complexity index is 521. The Morgan fingerprint density at radius 2 is 2.19 bits per heavy atom. The molecule has 2 N–H and O–H groups in total. The molecule has 1 aromatic carbocycles. The second kappa shape index (κ2) is 8.15. The Labute approximate surface area is 126 Å². The average molecular weight is 289 g/mol. The summed E-state index contributed by atoms with van der Waals surface area (Å²) in [7, 11) is 0. The van der Waals surface area contributed by atoms with Crippen LogP contribution in [0, 0.1) is 17.2 Å². The van der Waals surface area contributed by atoms with Crippen molar-refractivity contribution in [1.29, 1.82) is 5.26 Å². The molecule has 0 fully saturated rings. The van der Waals surface area contributed by atoms with Crippen molar-refractivity contribution in [2.45, 2.75) is 27.2 Å². The molecule has 0 radical (unpaired) electrons. The van der Waals surface area contributed by atoms with Crippen molar-refractivity contribution in [3.8, 4) is 6.07 Å². The Morgan fingerprint density at radius 3 is 2.71 bits per heavy atom. The van der Waals surface area contributed by atoms with Crippen LogP contribution in [0.3, 0.4) is 0 Å². The standard InChI is InChI=1S/C16H23N3O2/c1-4-21-16(20)13-6-7-15(14(18)10-13)19(9-5-8-17)11-12(2)3/h6-7,10,12H,4-5,9,11,18H2,1-3H3. The number of rotatable bonds is 7. The molecular weight excluding hydrogens is 266 g/mol. The van der Waals surface area contributed by atoms with E-state index in [1.54, 1.807) is 19.1 Å². The Kier molecular flexibility index (Phi) is 6.54. The van der Waals surface area contributed by atoms with E-state index in [1.807, 2.05) is 6.07 Å². The number of esters is 1. The summed E-state index contributed by atoms with van der Waals surface area (Å²) in [6.45, 7) is 7.76. The minimum atomic E-state index is -0.372. The van der Waals surface area contributed by atoms with Crippen LogP contribution in [-0.2, 0) is 4.74 Å². The van der Waals surface area contributed by atoms with Gasteiger partial charge in [-0.15, -0.1) is 0 Å². The van der Waals surface area contributed by atoms with Gasteiger partial charge in [-0.2, -0.15) is 5.26 Å². The van der Waals surface area contributed by atoms with Crippen molar-refractivity contribution in [2.75, 3.05) is 30.3 Å². The number of carbonyl (C=O) groups is 1. The molecule has 0 heterocycles. The fourth-order valence-electron chi connectivity index (χ4n) is 2.12. The molecule has 0 aliphatic heterocycles. The maximum Gasteiger partial charge on any atom is 0.338 e. The lowest BCUT2D eigenvalue weighted by molar-refractivity contribution is 0.0526. The molecule has 114 valence electrons. The highest BCUT2D eigenvalue weighted by atomic mass is 16.5. The number of benzene rings is 1. The number of nitrogen functional groups attached to an aromatic ring is 1. The number of nitriles is 1. The number of carbonyl (C=O) groups excluding carboxylic acids is 1. The second-order valence-corrected chi connectivity index (χ2v) is 5.24. The molecule has 5 heteroatoms. The Balaban J connectivity index is 2.98. The molecule has 0 saturated carbocycles. The van der Waals surface area contributed by atoms with E-state index in [2.05, 4.69) is 24.8 Å². The second-order valence-electron chi connectivity index (χ2n) is 5.24. The third-order valence-corrected chi connectivity index (χ3v) is 2.96. The van der Waals surface area contributed by atoms with Gasteiger partial charge in [0.25, 0.3) is 0 Å². The van der Waals surface area contributed by atoms with Crippen molar-refractivity contribution in [3.05, 3.63) is 23.8 Å². The van der Waals surface area contributed by atoms with Crippen LogP contribution < -0.4 is 10.6 Å². The van der Waals surface area contributed by atoms with Gasteiger partial charge < -0.3 is 15.4 Å². The monoisotopic (exact) mass is 289 g/mol. The summed E-state index contributed by atoms with van der Waals surface area (Å²) >= 11 is 0. The zero-order chi connectivity index (χ0) is 15.8. The first-order chi connectivity index (χ1) is 9.99. The summed E-state index contributed by atoms with van der Waals surface area (Å²) in [5.74, 6) is 0.0796. The molecule has 0 aromatic heterocycles. The van der Waals surface area contributed by atoms with Crippen molar-refractivity contribution < 1.29 is 9.53 Å². The fourth-order valence-corrected chi connectivity index (χ4v) is 2.12. The summed E-state index contributed by atoms with van der Waals surface area (Å²) < 4.78 is 4.96. The molecule has 1 rings (SSSR count). The highest BCUT2D eigenvalue weighted by Crippen LogP contribution is 2.26. The van der Waals surface area contributed by atoms with Crippen LogP contribution in [0.1, 0.15) is 37.6 Å². The molecule has 0 unspecified atom stereocenters. The van der Waals surface area contributed by atoms with Crippen molar-refractivity contribution in [2.24, 2.45) is 5.92 Å². The topological polar surface area (TPSA) is 79.3 Å². The van der Waals surface area contributed by atoms with E-state index >= 15 is 0 Å². The maximum absolute atomic E-state index is 11.7. The van der Waals surface area contributed by atoms with Gasteiger partial charge in [0.05, 0.1) is 36.0 Å². The fraction of sp³-hybridized carbons (Fsp3) is 0.500. The molecule has 0 aliphatic carbocycles. The molecule has 0 bridgehead atoms. The molecule has 0 atom stereocenters. The molecule has 1 aromatic rings. The van der Waals surface area contributed by atoms with E-state index in [-0.39, 0.29) is 5.97 Å². The number of nitrogens with zero attached hydrogens (tertiary/aromatic N) is 2. The third kappa shape index (κ3) is 4.99. The van der Waals surface area contributed by atoms with Gasteiger partial charge in [0.2, 0.25) is 0 Å². The number of anilines is 2. The van der Waals surface area contributed by atoms with Crippen LogP contribution in [-0.4, -0.2) is 25.7 Å². The van der Waals surface area contributed by atoms with Crippen LogP contribution in [0.4, 0.5) is 11.4 Å². The number of hydrogen-bond acceptors (Lipinski definition) is 5. The smallest absolute Gasteiger partial charge is 0.338 e. The van der Waals surface area contributed by atoms with Crippen molar-refractivity contribution >= 4 is 17.3 Å². The first kappa shape index (κ1) is 16.8. The van der Waals surface area contributed by atoms with E-state index in [0.717, 1.165) is 12.2 Å². The minimum Gasteiger partial charge on any atom is -0.462 e. The van der Waals surface area contributed by atoms with Gasteiger partial charge in [-0.1, -0.05) is 13.8 Å². The molecule has 5 nitrogen and oxygen atoms in total. The first-order valence-corrected chi connectivity index (χ1v) is 7.18. The highest BCUT2D eigenvalue weighted by molar-refractivity contribution is 5.92. The van der Waals surface area contributed by atoms with Gasteiger partial charge in [-0.3, -0.25) is 0 Å². The quantitative estimate of drug-likeness (QED) is 0.616. The minimum absolute atomic E-state index is 0.335. The molecule has 0 amide bonds. The SMILES string of the molecule is CCOC(=O)c1ccc(N(CCC#N)CC(C)C)c(N)c1. The van der Waals surface area contributed by atoms with Crippen molar-refractivity contribution in [1.82, 2.24) is 0 Å². The van der Waals surface area contributed by atoms with Gasteiger partial charge in [0.15, 0.2) is 0 Å². The van der Waals surface area contributed by atoms with Gasteiger partial charge in [-0.25, -0.2) is 4.79 Å². The summed E-state index contributed by atoms with van der Waals surface area (Å²) in [4.78, 5) is 13.8. The zero-order valence-electron chi connectivity index (χ0n) is 12.9. The molecular formula is C16H23N3O2. The normalized spacial score (nSPS) is 10.2. The van der Waals surface area contributed by atoms with Gasteiger partial charge in [-0.05, 0) is 31.0 Å².